The van der Waals surface area contributed by atoms with E-state index in [1.165, 1.54) is 46.2 Å². The molecule has 5 nitrogen and oxygen atoms in total. The third kappa shape index (κ3) is 6.36. The molecule has 0 spiro atoms. The van der Waals surface area contributed by atoms with Crippen LogP contribution in [0.4, 0.5) is 0 Å². The maximum absolute atomic E-state index is 14.5. The summed E-state index contributed by atoms with van der Waals surface area (Å²) in [6, 6.07) is 22.6. The van der Waals surface area contributed by atoms with Crippen molar-refractivity contribution in [1.82, 2.24) is 20.4 Å². The second kappa shape index (κ2) is 12.6. The molecule has 2 N–H and O–H groups in total. The summed E-state index contributed by atoms with van der Waals surface area (Å²) in [7, 11) is 0. The average Bonchev–Trinajstić information content (AvgIpc) is 3.94. The predicted octanol–water partition coefficient (Wildman–Crippen LogP) is 7.05. The molecule has 2 aliphatic heterocycles. The maximum Gasteiger partial charge on any atom is 0.252 e. The summed E-state index contributed by atoms with van der Waals surface area (Å²) in [5, 5.41) is 8.37. The Labute approximate surface area is 271 Å². The maximum atomic E-state index is 14.5. The molecule has 0 radical (unpaired) electrons. The van der Waals surface area contributed by atoms with E-state index < -0.39 is 0 Å². The zero-order chi connectivity index (χ0) is 30.4. The van der Waals surface area contributed by atoms with E-state index in [4.69, 9.17) is 23.2 Å². The Morgan fingerprint density at radius 2 is 1.55 bits per heavy atom. The van der Waals surface area contributed by atoms with Crippen molar-refractivity contribution < 1.29 is 4.79 Å². The topological polar surface area (TPSA) is 47.6 Å². The minimum Gasteiger partial charge on any atom is -0.331 e. The molecule has 3 aromatic rings. The van der Waals surface area contributed by atoms with Crippen molar-refractivity contribution in [3.8, 4) is 0 Å². The number of hydrogen-bond acceptors (Lipinski definition) is 4. The SMILES string of the molecule is Cc1cccc(C)c1CN(Cc1ccc(C2=C(C(=O)N(Cc3cccc(Cl)c3Cl)C3CC3)[C@H]3CNC[C@H](C2)N3)cc1)C1CC1. The van der Waals surface area contributed by atoms with E-state index in [9.17, 15) is 4.79 Å². The predicted molar refractivity (Wildman–Crippen MR) is 180 cm³/mol. The molecule has 2 heterocycles. The normalized spacial score (nSPS) is 21.6. The van der Waals surface area contributed by atoms with Crippen LogP contribution in [0.25, 0.3) is 5.57 Å². The molecular formula is C37H42Cl2N4O. The lowest BCUT2D eigenvalue weighted by Crippen LogP contribution is -2.60. The molecule has 7 heteroatoms. The number of piperazine rings is 1. The van der Waals surface area contributed by atoms with Gasteiger partial charge >= 0.3 is 0 Å². The molecule has 2 bridgehead atoms. The van der Waals surface area contributed by atoms with Gasteiger partial charge < -0.3 is 15.5 Å². The molecule has 2 atom stereocenters. The largest absolute Gasteiger partial charge is 0.331 e. The fourth-order valence-electron chi connectivity index (χ4n) is 7.10. The molecule has 1 amide bonds. The summed E-state index contributed by atoms with van der Waals surface area (Å²) < 4.78 is 0. The number of aryl methyl sites for hydroxylation is 2. The van der Waals surface area contributed by atoms with Crippen LogP contribution in [0.2, 0.25) is 10.0 Å². The van der Waals surface area contributed by atoms with Crippen LogP contribution in [-0.4, -0.2) is 53.0 Å². The van der Waals surface area contributed by atoms with Gasteiger partial charge in [-0.15, -0.1) is 0 Å². The lowest BCUT2D eigenvalue weighted by Gasteiger charge is -2.41. The molecule has 3 fully saturated rings. The number of benzene rings is 3. The van der Waals surface area contributed by atoms with Crippen molar-refractivity contribution in [3.63, 3.8) is 0 Å². The van der Waals surface area contributed by atoms with Gasteiger partial charge in [0.15, 0.2) is 0 Å². The number of carbonyl (C=O) groups excluding carboxylic acids is 1. The Hall–Kier alpha value is -2.67. The van der Waals surface area contributed by atoms with Gasteiger partial charge in [0.2, 0.25) is 0 Å². The third-order valence-electron chi connectivity index (χ3n) is 9.91. The average molecular weight is 630 g/mol. The van der Waals surface area contributed by atoms with Crippen molar-refractivity contribution in [1.29, 1.82) is 0 Å². The highest BCUT2D eigenvalue weighted by molar-refractivity contribution is 6.42. The Balaban J connectivity index is 1.16. The van der Waals surface area contributed by atoms with Crippen LogP contribution in [0.1, 0.15) is 65.5 Å². The zero-order valence-corrected chi connectivity index (χ0v) is 27.2. The molecule has 4 aliphatic rings. The Bertz CT molecular complexity index is 1560. The summed E-state index contributed by atoms with van der Waals surface area (Å²) in [6.45, 7) is 8.53. The quantitative estimate of drug-likeness (QED) is 0.252. The van der Waals surface area contributed by atoms with E-state index >= 15 is 0 Å². The van der Waals surface area contributed by atoms with Crippen LogP contribution in [-0.2, 0) is 24.4 Å². The zero-order valence-electron chi connectivity index (χ0n) is 25.7. The highest BCUT2D eigenvalue weighted by Crippen LogP contribution is 2.38. The first kappa shape index (κ1) is 30.0. The van der Waals surface area contributed by atoms with E-state index in [1.807, 2.05) is 17.0 Å². The van der Waals surface area contributed by atoms with Gasteiger partial charge in [0.25, 0.3) is 5.91 Å². The van der Waals surface area contributed by atoms with Gasteiger partial charge in [0.05, 0.1) is 16.1 Å². The second-order valence-electron chi connectivity index (χ2n) is 13.3. The van der Waals surface area contributed by atoms with E-state index in [1.54, 1.807) is 6.07 Å². The first-order chi connectivity index (χ1) is 21.4. The highest BCUT2D eigenvalue weighted by atomic mass is 35.5. The second-order valence-corrected chi connectivity index (χ2v) is 14.0. The molecule has 1 saturated heterocycles. The minimum atomic E-state index is -0.0107. The van der Waals surface area contributed by atoms with Gasteiger partial charge in [-0.1, -0.05) is 77.8 Å². The first-order valence-electron chi connectivity index (χ1n) is 16.2. The monoisotopic (exact) mass is 628 g/mol. The molecule has 230 valence electrons. The Morgan fingerprint density at radius 3 is 2.25 bits per heavy atom. The van der Waals surface area contributed by atoms with Gasteiger partial charge in [-0.05, 0) is 91.0 Å². The summed E-state index contributed by atoms with van der Waals surface area (Å²) >= 11 is 12.9. The van der Waals surface area contributed by atoms with E-state index in [-0.39, 0.29) is 18.0 Å². The number of rotatable bonds is 10. The van der Waals surface area contributed by atoms with Crippen LogP contribution in [0, 0.1) is 13.8 Å². The molecule has 3 aromatic carbocycles. The highest BCUT2D eigenvalue weighted by Gasteiger charge is 2.41. The molecular weight excluding hydrogens is 587 g/mol. The molecule has 0 unspecified atom stereocenters. The van der Waals surface area contributed by atoms with Gasteiger partial charge in [0.1, 0.15) is 0 Å². The van der Waals surface area contributed by atoms with Crippen LogP contribution < -0.4 is 10.6 Å². The van der Waals surface area contributed by atoms with E-state index in [2.05, 4.69) is 71.8 Å². The van der Waals surface area contributed by atoms with Gasteiger partial charge in [0, 0.05) is 56.4 Å². The lowest BCUT2D eigenvalue weighted by atomic mass is 9.83. The van der Waals surface area contributed by atoms with Crippen molar-refractivity contribution in [2.75, 3.05) is 13.1 Å². The molecule has 2 aliphatic carbocycles. The van der Waals surface area contributed by atoms with Crippen LogP contribution in [0.3, 0.4) is 0 Å². The summed E-state index contributed by atoms with van der Waals surface area (Å²) in [6.07, 6.45) is 5.45. The number of nitrogens with zero attached hydrogens (tertiary/aromatic N) is 2. The van der Waals surface area contributed by atoms with Gasteiger partial charge in [-0.2, -0.15) is 0 Å². The number of hydrogen-bond donors (Lipinski definition) is 2. The smallest absolute Gasteiger partial charge is 0.252 e. The van der Waals surface area contributed by atoms with E-state index in [0.29, 0.717) is 28.7 Å². The Kier molecular flexibility index (Phi) is 8.60. The number of carbonyl (C=O) groups is 1. The summed E-state index contributed by atoms with van der Waals surface area (Å²) in [5.74, 6) is 0.121. The van der Waals surface area contributed by atoms with Crippen molar-refractivity contribution >= 4 is 34.7 Å². The van der Waals surface area contributed by atoms with Crippen molar-refractivity contribution in [2.24, 2.45) is 0 Å². The van der Waals surface area contributed by atoms with Crippen LogP contribution in [0.5, 0.6) is 0 Å². The molecule has 0 aromatic heterocycles. The van der Waals surface area contributed by atoms with Gasteiger partial charge in [-0.3, -0.25) is 9.69 Å². The Morgan fingerprint density at radius 1 is 0.841 bits per heavy atom. The molecule has 2 saturated carbocycles. The third-order valence-corrected chi connectivity index (χ3v) is 10.8. The summed E-state index contributed by atoms with van der Waals surface area (Å²) in [5.41, 5.74) is 9.69. The number of nitrogens with one attached hydrogen (secondary N) is 2. The number of fused-ring (bicyclic) bond motifs is 2. The minimum absolute atomic E-state index is 0.0107. The fourth-order valence-corrected chi connectivity index (χ4v) is 7.48. The van der Waals surface area contributed by atoms with Gasteiger partial charge in [-0.25, -0.2) is 0 Å². The van der Waals surface area contributed by atoms with Crippen molar-refractivity contribution in [2.45, 2.75) is 89.8 Å². The van der Waals surface area contributed by atoms with Crippen molar-refractivity contribution in [3.05, 3.63) is 110 Å². The van der Waals surface area contributed by atoms with Crippen LogP contribution >= 0.6 is 23.2 Å². The standard InChI is InChI=1S/C37H42Cl2N4O/c1-23-5-3-6-24(2)32(23)22-42(29-13-14-29)20-25-9-11-26(12-10-25)31-17-28-18-40-19-34(41-28)35(31)37(44)43(30-15-16-30)21-27-7-4-8-33(38)36(27)39/h3-12,28-30,34,40-41H,13-22H2,1-2H3/t28-,34+/m0/s1. The number of amides is 1. The number of halogens is 2. The fraction of sp³-hybridized carbons (Fsp3) is 0.432. The van der Waals surface area contributed by atoms with E-state index in [0.717, 1.165) is 56.6 Å². The summed E-state index contributed by atoms with van der Waals surface area (Å²) in [4.78, 5) is 19.2. The first-order valence-corrected chi connectivity index (χ1v) is 16.9. The lowest BCUT2D eigenvalue weighted by molar-refractivity contribution is -0.128. The van der Waals surface area contributed by atoms with Crippen LogP contribution in [0.15, 0.2) is 66.2 Å². The molecule has 7 rings (SSSR count). The molecule has 44 heavy (non-hydrogen) atoms.